The number of nitrogens with zero attached hydrogens (tertiary/aromatic N) is 2. The second-order valence-corrected chi connectivity index (χ2v) is 6.31. The summed E-state index contributed by atoms with van der Waals surface area (Å²) < 4.78 is 5.04. The molecular weight excluding hydrogens is 304 g/mol. The average molecular weight is 326 g/mol. The number of amides is 1. The van der Waals surface area contributed by atoms with Gasteiger partial charge >= 0.3 is 0 Å². The van der Waals surface area contributed by atoms with Crippen molar-refractivity contribution in [2.24, 2.45) is 5.92 Å². The van der Waals surface area contributed by atoms with Crippen LogP contribution in [-0.2, 0) is 9.53 Å². The zero-order valence-electron chi connectivity index (χ0n) is 13.2. The van der Waals surface area contributed by atoms with Crippen molar-refractivity contribution in [3.8, 4) is 0 Å². The van der Waals surface area contributed by atoms with Crippen LogP contribution in [0.25, 0.3) is 0 Å². The maximum absolute atomic E-state index is 12.3. The lowest BCUT2D eigenvalue weighted by Crippen LogP contribution is -2.37. The Kier molecular flexibility index (Phi) is 7.90. The molecule has 0 aliphatic heterocycles. The van der Waals surface area contributed by atoms with Crippen LogP contribution in [0.15, 0.2) is 29.2 Å². The molecule has 0 radical (unpaired) electrons. The Hall–Kier alpha value is -1.60. The van der Waals surface area contributed by atoms with Crippen molar-refractivity contribution in [3.05, 3.63) is 34.4 Å². The van der Waals surface area contributed by atoms with Gasteiger partial charge in [0.05, 0.1) is 17.3 Å². The van der Waals surface area contributed by atoms with Gasteiger partial charge in [-0.05, 0) is 18.1 Å². The molecule has 22 heavy (non-hydrogen) atoms. The van der Waals surface area contributed by atoms with Crippen molar-refractivity contribution in [1.29, 1.82) is 0 Å². The van der Waals surface area contributed by atoms with Crippen LogP contribution in [0.4, 0.5) is 5.69 Å². The first-order chi connectivity index (χ1) is 10.4. The minimum atomic E-state index is -0.436. The van der Waals surface area contributed by atoms with Crippen LogP contribution in [0.1, 0.15) is 13.8 Å². The summed E-state index contributed by atoms with van der Waals surface area (Å²) in [5.41, 5.74) is 0.0530. The van der Waals surface area contributed by atoms with E-state index < -0.39 is 4.92 Å². The molecule has 0 spiro atoms. The average Bonchev–Trinajstić information content (AvgIpc) is 2.49. The van der Waals surface area contributed by atoms with Crippen LogP contribution < -0.4 is 0 Å². The Morgan fingerprint density at radius 3 is 2.50 bits per heavy atom. The van der Waals surface area contributed by atoms with Gasteiger partial charge < -0.3 is 9.64 Å². The Morgan fingerprint density at radius 2 is 2.00 bits per heavy atom. The Balaban J connectivity index is 2.55. The molecule has 1 aromatic carbocycles. The van der Waals surface area contributed by atoms with Crippen molar-refractivity contribution in [1.82, 2.24) is 4.90 Å². The fraction of sp³-hybridized carbons (Fsp3) is 0.533. The van der Waals surface area contributed by atoms with E-state index >= 15 is 0 Å². The van der Waals surface area contributed by atoms with E-state index in [1.807, 2.05) is 0 Å². The monoisotopic (exact) mass is 326 g/mol. The Morgan fingerprint density at radius 1 is 1.36 bits per heavy atom. The molecule has 0 aromatic heterocycles. The van der Waals surface area contributed by atoms with E-state index in [0.29, 0.717) is 31.4 Å². The molecule has 0 saturated carbocycles. The van der Waals surface area contributed by atoms with Crippen LogP contribution in [0.5, 0.6) is 0 Å². The van der Waals surface area contributed by atoms with E-state index in [0.717, 1.165) is 4.90 Å². The summed E-state index contributed by atoms with van der Waals surface area (Å²) in [4.78, 5) is 25.1. The highest BCUT2D eigenvalue weighted by atomic mass is 32.2. The summed E-state index contributed by atoms with van der Waals surface area (Å²) in [5, 5.41) is 10.6. The molecule has 0 fully saturated rings. The molecule has 0 atom stereocenters. The molecule has 7 heteroatoms. The van der Waals surface area contributed by atoms with Gasteiger partial charge in [-0.2, -0.15) is 0 Å². The minimum Gasteiger partial charge on any atom is -0.383 e. The molecule has 122 valence electrons. The molecule has 0 saturated heterocycles. The van der Waals surface area contributed by atoms with Gasteiger partial charge in [-0.25, -0.2) is 0 Å². The topological polar surface area (TPSA) is 72.7 Å². The maximum atomic E-state index is 12.3. The van der Waals surface area contributed by atoms with Crippen molar-refractivity contribution in [2.45, 2.75) is 18.7 Å². The Bertz CT molecular complexity index is 491. The predicted molar refractivity (Wildman–Crippen MR) is 87.1 cm³/mol. The summed E-state index contributed by atoms with van der Waals surface area (Å²) >= 11 is 1.38. The second-order valence-electron chi connectivity index (χ2n) is 5.27. The number of rotatable bonds is 9. The molecule has 0 N–H and O–H groups in total. The standard InChI is InChI=1S/C15H22N2O4S/c1-12(2)10-16(8-9-21-3)15(18)11-22-14-6-4-13(5-7-14)17(19)20/h4-7,12H,8-11H2,1-3H3. The molecule has 0 unspecified atom stereocenters. The summed E-state index contributed by atoms with van der Waals surface area (Å²) in [6.45, 7) is 5.92. The molecular formula is C15H22N2O4S. The first-order valence-electron chi connectivity index (χ1n) is 7.08. The lowest BCUT2D eigenvalue weighted by atomic mass is 10.2. The number of methoxy groups -OCH3 is 1. The summed E-state index contributed by atoms with van der Waals surface area (Å²) in [5.74, 6) is 0.758. The highest BCUT2D eigenvalue weighted by molar-refractivity contribution is 8.00. The summed E-state index contributed by atoms with van der Waals surface area (Å²) in [7, 11) is 1.61. The third-order valence-corrected chi connectivity index (χ3v) is 3.91. The number of carbonyl (C=O) groups excluding carboxylic acids is 1. The van der Waals surface area contributed by atoms with Gasteiger partial charge in [-0.1, -0.05) is 13.8 Å². The van der Waals surface area contributed by atoms with E-state index in [9.17, 15) is 14.9 Å². The van der Waals surface area contributed by atoms with Crippen molar-refractivity contribution < 1.29 is 14.5 Å². The van der Waals surface area contributed by atoms with Crippen LogP contribution in [-0.4, -0.2) is 48.3 Å². The third kappa shape index (κ3) is 6.44. The van der Waals surface area contributed by atoms with Gasteiger partial charge in [0.25, 0.3) is 5.69 Å². The molecule has 6 nitrogen and oxygen atoms in total. The van der Waals surface area contributed by atoms with E-state index in [-0.39, 0.29) is 11.6 Å². The SMILES string of the molecule is COCCN(CC(C)C)C(=O)CSc1ccc([N+](=O)[O-])cc1. The summed E-state index contributed by atoms with van der Waals surface area (Å²) in [6.07, 6.45) is 0. The zero-order chi connectivity index (χ0) is 16.5. The van der Waals surface area contributed by atoms with E-state index in [2.05, 4.69) is 13.8 Å². The zero-order valence-corrected chi connectivity index (χ0v) is 14.0. The van der Waals surface area contributed by atoms with Crippen LogP contribution in [0.3, 0.4) is 0 Å². The minimum absolute atomic E-state index is 0.0501. The molecule has 0 heterocycles. The third-order valence-electron chi connectivity index (χ3n) is 2.91. The molecule has 1 rings (SSSR count). The van der Waals surface area contributed by atoms with Gasteiger partial charge in [0.15, 0.2) is 0 Å². The number of carbonyl (C=O) groups is 1. The number of non-ortho nitro benzene ring substituents is 1. The fourth-order valence-electron chi connectivity index (χ4n) is 1.86. The molecule has 1 aromatic rings. The van der Waals surface area contributed by atoms with E-state index in [4.69, 9.17) is 4.74 Å². The van der Waals surface area contributed by atoms with Gasteiger partial charge in [-0.3, -0.25) is 14.9 Å². The fourth-order valence-corrected chi connectivity index (χ4v) is 2.66. The van der Waals surface area contributed by atoms with Crippen LogP contribution in [0.2, 0.25) is 0 Å². The maximum Gasteiger partial charge on any atom is 0.269 e. The van der Waals surface area contributed by atoms with Gasteiger partial charge in [0.1, 0.15) is 0 Å². The van der Waals surface area contributed by atoms with Gasteiger partial charge in [0.2, 0.25) is 5.91 Å². The lowest BCUT2D eigenvalue weighted by molar-refractivity contribution is -0.384. The van der Waals surface area contributed by atoms with E-state index in [1.54, 1.807) is 24.1 Å². The molecule has 0 bridgehead atoms. The van der Waals surface area contributed by atoms with E-state index in [1.165, 1.54) is 23.9 Å². The molecule has 1 amide bonds. The number of benzene rings is 1. The molecule has 0 aliphatic rings. The number of hydrogen-bond donors (Lipinski definition) is 0. The van der Waals surface area contributed by atoms with Crippen molar-refractivity contribution in [2.75, 3.05) is 32.6 Å². The van der Waals surface area contributed by atoms with Crippen LogP contribution in [0, 0.1) is 16.0 Å². The number of nitro benzene ring substituents is 1. The van der Waals surface area contributed by atoms with Gasteiger partial charge in [-0.15, -0.1) is 11.8 Å². The number of hydrogen-bond acceptors (Lipinski definition) is 5. The smallest absolute Gasteiger partial charge is 0.269 e. The lowest BCUT2D eigenvalue weighted by Gasteiger charge is -2.24. The second kappa shape index (κ2) is 9.42. The molecule has 0 aliphatic carbocycles. The predicted octanol–water partition coefficient (Wildman–Crippen LogP) is 2.82. The van der Waals surface area contributed by atoms with Gasteiger partial charge in [0, 0.05) is 37.2 Å². The van der Waals surface area contributed by atoms with Crippen molar-refractivity contribution in [3.63, 3.8) is 0 Å². The first kappa shape index (κ1) is 18.4. The van der Waals surface area contributed by atoms with Crippen LogP contribution >= 0.6 is 11.8 Å². The Labute approximate surface area is 135 Å². The number of ether oxygens (including phenoxy) is 1. The first-order valence-corrected chi connectivity index (χ1v) is 8.06. The highest BCUT2D eigenvalue weighted by Gasteiger charge is 2.15. The highest BCUT2D eigenvalue weighted by Crippen LogP contribution is 2.21. The number of thioether (sulfide) groups is 1. The normalized spacial score (nSPS) is 10.7. The summed E-state index contributed by atoms with van der Waals surface area (Å²) in [6, 6.07) is 6.23. The quantitative estimate of drug-likeness (QED) is 0.396. The van der Waals surface area contributed by atoms with Crippen molar-refractivity contribution >= 4 is 23.4 Å². The largest absolute Gasteiger partial charge is 0.383 e. The number of nitro groups is 1.